The quantitative estimate of drug-likeness (QED) is 0.217. The Morgan fingerprint density at radius 2 is 1.21 bits per heavy atom. The molecule has 1 heteroatoms. The van der Waals surface area contributed by atoms with E-state index < -0.39 is 5.41 Å². The van der Waals surface area contributed by atoms with Crippen LogP contribution in [-0.2, 0) is 23.7 Å². The minimum absolute atomic E-state index is 0.0980. The van der Waals surface area contributed by atoms with Crippen molar-refractivity contribution in [3.63, 3.8) is 0 Å². The normalized spacial score (nSPS) is 13.7. The Hall–Kier alpha value is -3.97. The predicted octanol–water partition coefficient (Wildman–Crippen LogP) is 9.58. The molecular weight excluding hydrogens is 475 g/mol. The van der Waals surface area contributed by atoms with Crippen LogP contribution in [0.15, 0.2) is 115 Å². The fourth-order valence-corrected chi connectivity index (χ4v) is 6.55. The maximum atomic E-state index is 14.9. The minimum atomic E-state index is -0.578. The predicted molar refractivity (Wildman–Crippen MR) is 161 cm³/mol. The molecule has 1 aliphatic rings. The van der Waals surface area contributed by atoms with Crippen LogP contribution < -0.4 is 0 Å². The molecule has 0 fully saturated rings. The summed E-state index contributed by atoms with van der Waals surface area (Å²) in [7, 11) is 0. The van der Waals surface area contributed by atoms with Gasteiger partial charge in [-0.25, -0.2) is 4.39 Å². The summed E-state index contributed by atoms with van der Waals surface area (Å²) in [6.07, 6.45) is 1.93. The summed E-state index contributed by atoms with van der Waals surface area (Å²) in [6, 6.07) is 40.3. The van der Waals surface area contributed by atoms with Crippen LogP contribution >= 0.6 is 0 Å². The average molecular weight is 511 g/mol. The molecule has 6 rings (SSSR count). The van der Waals surface area contributed by atoms with Gasteiger partial charge in [0.25, 0.3) is 0 Å². The minimum Gasteiger partial charge on any atom is -0.207 e. The molecule has 39 heavy (non-hydrogen) atoms. The van der Waals surface area contributed by atoms with Gasteiger partial charge >= 0.3 is 0 Å². The van der Waals surface area contributed by atoms with Gasteiger partial charge in [-0.2, -0.15) is 0 Å². The smallest absolute Gasteiger partial charge is 0.123 e. The monoisotopic (exact) mass is 510 g/mol. The molecule has 0 heterocycles. The SMILES string of the molecule is Cc1ccc(CCc2ccc3c(c2)C(c2ccccc2)(c2ccccc2)c2cc(F)ccc2-3)c(C(C)(C)C)c1. The van der Waals surface area contributed by atoms with E-state index in [2.05, 4.69) is 125 Å². The Labute approximate surface area is 232 Å². The first-order chi connectivity index (χ1) is 18.8. The standard InChI is InChI=1S/C38H35F/c1-26-15-18-28(34(23-26)37(2,3)4)19-16-27-17-21-32-33-22-20-31(39)25-36(33)38(35(32)24-27,29-11-7-5-8-12-29)30-13-9-6-10-14-30/h5-15,17-18,20-25H,16,19H2,1-4H3. The Morgan fingerprint density at radius 1 is 0.615 bits per heavy atom. The van der Waals surface area contributed by atoms with Crippen molar-refractivity contribution in [3.8, 4) is 11.1 Å². The molecule has 0 bridgehead atoms. The molecule has 5 aromatic rings. The van der Waals surface area contributed by atoms with Crippen molar-refractivity contribution in [2.24, 2.45) is 0 Å². The fraction of sp³-hybridized carbons (Fsp3) is 0.211. The summed E-state index contributed by atoms with van der Waals surface area (Å²) in [4.78, 5) is 0. The van der Waals surface area contributed by atoms with E-state index in [0.717, 1.165) is 35.1 Å². The van der Waals surface area contributed by atoms with E-state index in [1.807, 2.05) is 6.07 Å². The maximum absolute atomic E-state index is 14.9. The highest BCUT2D eigenvalue weighted by Crippen LogP contribution is 2.56. The van der Waals surface area contributed by atoms with E-state index in [0.29, 0.717) is 0 Å². The van der Waals surface area contributed by atoms with Gasteiger partial charge in [-0.15, -0.1) is 0 Å². The third-order valence-corrected chi connectivity index (χ3v) is 8.33. The molecule has 0 spiro atoms. The zero-order valence-electron chi connectivity index (χ0n) is 23.3. The molecule has 0 saturated heterocycles. The summed E-state index contributed by atoms with van der Waals surface area (Å²) in [5.74, 6) is -0.202. The lowest BCUT2D eigenvalue weighted by atomic mass is 9.67. The van der Waals surface area contributed by atoms with Crippen molar-refractivity contribution < 1.29 is 4.39 Å². The number of benzene rings is 5. The number of halogens is 1. The van der Waals surface area contributed by atoms with Crippen LogP contribution in [0.4, 0.5) is 4.39 Å². The summed E-state index contributed by atoms with van der Waals surface area (Å²) in [5, 5.41) is 0. The molecule has 0 nitrogen and oxygen atoms in total. The van der Waals surface area contributed by atoms with E-state index in [9.17, 15) is 4.39 Å². The topological polar surface area (TPSA) is 0 Å². The van der Waals surface area contributed by atoms with Gasteiger partial charge in [0.05, 0.1) is 5.41 Å². The van der Waals surface area contributed by atoms with Crippen LogP contribution in [0.25, 0.3) is 11.1 Å². The second-order valence-corrected chi connectivity index (χ2v) is 12.0. The van der Waals surface area contributed by atoms with Gasteiger partial charge in [-0.05, 0) is 87.4 Å². The van der Waals surface area contributed by atoms with E-state index >= 15 is 0 Å². The summed E-state index contributed by atoms with van der Waals surface area (Å²) < 4.78 is 14.9. The molecule has 0 saturated carbocycles. The van der Waals surface area contributed by atoms with Gasteiger partial charge in [-0.1, -0.05) is 129 Å². The first-order valence-corrected chi connectivity index (χ1v) is 13.9. The summed E-state index contributed by atoms with van der Waals surface area (Å²) in [6.45, 7) is 9.06. The highest BCUT2D eigenvalue weighted by Gasteiger charge is 2.46. The fourth-order valence-electron chi connectivity index (χ4n) is 6.55. The molecule has 0 aromatic heterocycles. The highest BCUT2D eigenvalue weighted by molar-refractivity contribution is 5.86. The van der Waals surface area contributed by atoms with Crippen LogP contribution in [0, 0.1) is 12.7 Å². The molecular formula is C38H35F. The van der Waals surface area contributed by atoms with Crippen molar-refractivity contribution in [1.29, 1.82) is 0 Å². The zero-order valence-corrected chi connectivity index (χ0v) is 23.3. The van der Waals surface area contributed by atoms with E-state index in [1.54, 1.807) is 12.1 Å². The van der Waals surface area contributed by atoms with Crippen molar-refractivity contribution in [2.75, 3.05) is 0 Å². The first kappa shape index (κ1) is 25.3. The molecule has 0 aliphatic heterocycles. The van der Waals surface area contributed by atoms with E-state index in [-0.39, 0.29) is 11.2 Å². The Balaban J connectivity index is 1.52. The molecule has 0 N–H and O–H groups in total. The second kappa shape index (κ2) is 9.65. The molecule has 194 valence electrons. The lowest BCUT2D eigenvalue weighted by Gasteiger charge is -2.34. The third-order valence-electron chi connectivity index (χ3n) is 8.33. The maximum Gasteiger partial charge on any atom is 0.123 e. The van der Waals surface area contributed by atoms with Crippen molar-refractivity contribution in [1.82, 2.24) is 0 Å². The second-order valence-electron chi connectivity index (χ2n) is 12.0. The van der Waals surface area contributed by atoms with Gasteiger partial charge in [0.2, 0.25) is 0 Å². The van der Waals surface area contributed by atoms with Crippen molar-refractivity contribution in [2.45, 2.75) is 51.4 Å². The molecule has 5 aromatic carbocycles. The van der Waals surface area contributed by atoms with Crippen molar-refractivity contribution >= 4 is 0 Å². The van der Waals surface area contributed by atoms with E-state index in [1.165, 1.54) is 33.4 Å². The average Bonchev–Trinajstić information content (AvgIpc) is 3.22. The number of hydrogen-bond donors (Lipinski definition) is 0. The largest absolute Gasteiger partial charge is 0.207 e. The Bertz CT molecular complexity index is 1600. The molecule has 0 radical (unpaired) electrons. The highest BCUT2D eigenvalue weighted by atomic mass is 19.1. The third kappa shape index (κ3) is 4.31. The van der Waals surface area contributed by atoms with Gasteiger partial charge in [-0.3, -0.25) is 0 Å². The number of fused-ring (bicyclic) bond motifs is 3. The van der Waals surface area contributed by atoms with Gasteiger partial charge in [0, 0.05) is 0 Å². The van der Waals surface area contributed by atoms with Gasteiger partial charge in [0.15, 0.2) is 0 Å². The molecule has 0 amide bonds. The van der Waals surface area contributed by atoms with Crippen LogP contribution in [0.1, 0.15) is 65.3 Å². The number of hydrogen-bond acceptors (Lipinski definition) is 0. The summed E-state index contributed by atoms with van der Waals surface area (Å²) in [5.41, 5.74) is 11.8. The lowest BCUT2D eigenvalue weighted by Crippen LogP contribution is -2.28. The van der Waals surface area contributed by atoms with Crippen molar-refractivity contribution in [3.05, 3.63) is 166 Å². The Morgan fingerprint density at radius 3 is 1.82 bits per heavy atom. The summed E-state index contributed by atoms with van der Waals surface area (Å²) >= 11 is 0. The van der Waals surface area contributed by atoms with E-state index in [4.69, 9.17) is 0 Å². The number of aryl methyl sites for hydroxylation is 3. The number of rotatable bonds is 5. The molecule has 0 unspecified atom stereocenters. The van der Waals surface area contributed by atoms with Crippen LogP contribution in [0.2, 0.25) is 0 Å². The molecule has 1 aliphatic carbocycles. The molecule has 0 atom stereocenters. The van der Waals surface area contributed by atoms with Crippen LogP contribution in [-0.4, -0.2) is 0 Å². The first-order valence-electron chi connectivity index (χ1n) is 13.9. The van der Waals surface area contributed by atoms with Crippen LogP contribution in [0.5, 0.6) is 0 Å². The van der Waals surface area contributed by atoms with Gasteiger partial charge in [0.1, 0.15) is 5.82 Å². The lowest BCUT2D eigenvalue weighted by molar-refractivity contribution is 0.581. The van der Waals surface area contributed by atoms with Crippen LogP contribution in [0.3, 0.4) is 0 Å². The Kier molecular flexibility index (Phi) is 6.26. The zero-order chi connectivity index (χ0) is 27.2. The van der Waals surface area contributed by atoms with Gasteiger partial charge < -0.3 is 0 Å².